The fraction of sp³-hybridized carbons (Fsp3) is 0.368. The molecule has 112 valence electrons. The minimum absolute atomic E-state index is 1.01. The summed E-state index contributed by atoms with van der Waals surface area (Å²) in [6, 6.07) is 19.5. The van der Waals surface area contributed by atoms with Crippen molar-refractivity contribution >= 4 is 0 Å². The molecule has 0 heterocycles. The summed E-state index contributed by atoms with van der Waals surface area (Å²) >= 11 is 0. The molecule has 0 radical (unpaired) electrons. The molecule has 2 nitrogen and oxygen atoms in total. The Labute approximate surface area is 129 Å². The Hall–Kier alpha value is -1.64. The first kappa shape index (κ1) is 15.7. The third-order valence-electron chi connectivity index (χ3n) is 3.72. The van der Waals surface area contributed by atoms with E-state index in [-0.39, 0.29) is 0 Å². The van der Waals surface area contributed by atoms with Gasteiger partial charge in [-0.2, -0.15) is 0 Å². The number of likely N-dealkylation sites (N-methyl/N-ethyl adjacent to an activating group) is 2. The maximum Gasteiger partial charge on any atom is 0.0234 e. The van der Waals surface area contributed by atoms with E-state index in [2.05, 4.69) is 85.5 Å². The topological polar surface area (TPSA) is 6.48 Å². The molecular formula is C19H26N2. The van der Waals surface area contributed by atoms with E-state index >= 15 is 0 Å². The Bertz CT molecular complexity index is 534. The van der Waals surface area contributed by atoms with E-state index in [0.29, 0.717) is 0 Å². The number of hydrogen-bond donors (Lipinski definition) is 0. The van der Waals surface area contributed by atoms with Crippen molar-refractivity contribution in [3.8, 4) is 0 Å². The van der Waals surface area contributed by atoms with Gasteiger partial charge in [0, 0.05) is 19.6 Å². The van der Waals surface area contributed by atoms with Crippen molar-refractivity contribution in [3.63, 3.8) is 0 Å². The first-order valence-corrected chi connectivity index (χ1v) is 7.59. The van der Waals surface area contributed by atoms with E-state index in [4.69, 9.17) is 0 Å². The summed E-state index contributed by atoms with van der Waals surface area (Å²) in [5, 5.41) is 0. The van der Waals surface area contributed by atoms with Gasteiger partial charge in [-0.3, -0.25) is 0 Å². The Kier molecular flexibility index (Phi) is 5.97. The van der Waals surface area contributed by atoms with Crippen LogP contribution < -0.4 is 0 Å². The summed E-state index contributed by atoms with van der Waals surface area (Å²) in [7, 11) is 6.44. The van der Waals surface area contributed by atoms with Gasteiger partial charge in [-0.05, 0) is 44.3 Å². The van der Waals surface area contributed by atoms with E-state index in [0.717, 1.165) is 26.1 Å². The first-order chi connectivity index (χ1) is 10.1. The van der Waals surface area contributed by atoms with Gasteiger partial charge in [0.15, 0.2) is 0 Å². The van der Waals surface area contributed by atoms with Crippen LogP contribution in [-0.4, -0.2) is 44.0 Å². The lowest BCUT2D eigenvalue weighted by molar-refractivity contribution is 0.276. The van der Waals surface area contributed by atoms with Crippen LogP contribution in [0, 0.1) is 0 Å². The van der Waals surface area contributed by atoms with Gasteiger partial charge >= 0.3 is 0 Å². The van der Waals surface area contributed by atoms with Crippen LogP contribution in [-0.2, 0) is 13.0 Å². The molecule has 0 spiro atoms. The van der Waals surface area contributed by atoms with Crippen molar-refractivity contribution < 1.29 is 0 Å². The van der Waals surface area contributed by atoms with Crippen LogP contribution in [0.15, 0.2) is 54.6 Å². The van der Waals surface area contributed by atoms with Gasteiger partial charge in [0.05, 0.1) is 0 Å². The molecular weight excluding hydrogens is 256 g/mol. The second-order valence-corrected chi connectivity index (χ2v) is 5.97. The molecule has 2 heteroatoms. The fourth-order valence-corrected chi connectivity index (χ4v) is 2.44. The molecule has 2 aromatic rings. The number of hydrogen-bond acceptors (Lipinski definition) is 2. The van der Waals surface area contributed by atoms with Gasteiger partial charge in [-0.1, -0.05) is 54.6 Å². The second-order valence-electron chi connectivity index (χ2n) is 5.97. The van der Waals surface area contributed by atoms with Crippen molar-refractivity contribution in [3.05, 3.63) is 71.3 Å². The maximum absolute atomic E-state index is 2.39. The van der Waals surface area contributed by atoms with Crippen molar-refractivity contribution in [1.82, 2.24) is 9.80 Å². The van der Waals surface area contributed by atoms with Crippen LogP contribution in [0.5, 0.6) is 0 Å². The highest BCUT2D eigenvalue weighted by Crippen LogP contribution is 2.15. The maximum atomic E-state index is 2.39. The van der Waals surface area contributed by atoms with E-state index in [9.17, 15) is 0 Å². The van der Waals surface area contributed by atoms with Gasteiger partial charge < -0.3 is 9.80 Å². The number of benzene rings is 2. The molecule has 0 atom stereocenters. The molecule has 0 saturated carbocycles. The molecule has 0 unspecified atom stereocenters. The van der Waals surface area contributed by atoms with Gasteiger partial charge in [0.25, 0.3) is 0 Å². The summed E-state index contributed by atoms with van der Waals surface area (Å²) < 4.78 is 0. The molecule has 0 N–H and O–H groups in total. The van der Waals surface area contributed by atoms with Crippen LogP contribution in [0.1, 0.15) is 16.7 Å². The molecule has 0 aliphatic heterocycles. The summed E-state index contributed by atoms with van der Waals surface area (Å²) in [5.41, 5.74) is 4.24. The average molecular weight is 282 g/mol. The summed E-state index contributed by atoms with van der Waals surface area (Å²) in [6.45, 7) is 3.20. The predicted octanol–water partition coefficient (Wildman–Crippen LogP) is 3.27. The van der Waals surface area contributed by atoms with Gasteiger partial charge in [-0.15, -0.1) is 0 Å². The molecule has 0 amide bonds. The van der Waals surface area contributed by atoms with Crippen LogP contribution in [0.3, 0.4) is 0 Å². The Balaban J connectivity index is 2.03. The van der Waals surface area contributed by atoms with Gasteiger partial charge in [-0.25, -0.2) is 0 Å². The highest BCUT2D eigenvalue weighted by Gasteiger charge is 2.06. The van der Waals surface area contributed by atoms with E-state index in [1.165, 1.54) is 16.7 Å². The normalized spacial score (nSPS) is 11.3. The summed E-state index contributed by atoms with van der Waals surface area (Å²) in [5.74, 6) is 0. The highest BCUT2D eigenvalue weighted by molar-refractivity contribution is 5.32. The van der Waals surface area contributed by atoms with Crippen LogP contribution >= 0.6 is 0 Å². The number of nitrogens with zero attached hydrogens (tertiary/aromatic N) is 2. The Morgan fingerprint density at radius 2 is 1.33 bits per heavy atom. The largest absolute Gasteiger partial charge is 0.308 e. The molecule has 0 aromatic heterocycles. The summed E-state index contributed by atoms with van der Waals surface area (Å²) in [4.78, 5) is 4.62. The lowest BCUT2D eigenvalue weighted by atomic mass is 9.99. The third kappa shape index (κ3) is 5.33. The minimum atomic E-state index is 1.01. The van der Waals surface area contributed by atoms with Crippen LogP contribution in [0.25, 0.3) is 0 Å². The highest BCUT2D eigenvalue weighted by atomic mass is 15.1. The molecule has 2 aromatic carbocycles. The van der Waals surface area contributed by atoms with Crippen molar-refractivity contribution in [2.45, 2.75) is 13.0 Å². The monoisotopic (exact) mass is 282 g/mol. The SMILES string of the molecule is CN(C)CCN(C)Cc1ccccc1Cc1ccccc1. The molecule has 0 fully saturated rings. The fourth-order valence-electron chi connectivity index (χ4n) is 2.44. The zero-order chi connectivity index (χ0) is 15.1. The van der Waals surface area contributed by atoms with Crippen molar-refractivity contribution in [1.29, 1.82) is 0 Å². The molecule has 0 aliphatic carbocycles. The molecule has 21 heavy (non-hydrogen) atoms. The third-order valence-corrected chi connectivity index (χ3v) is 3.72. The number of rotatable bonds is 7. The lowest BCUT2D eigenvalue weighted by Gasteiger charge is -2.21. The first-order valence-electron chi connectivity index (χ1n) is 7.59. The standard InChI is InChI=1S/C19H26N2/c1-20(2)13-14-21(3)16-19-12-8-7-11-18(19)15-17-9-5-4-6-10-17/h4-12H,13-16H2,1-3H3. The van der Waals surface area contributed by atoms with Crippen molar-refractivity contribution in [2.24, 2.45) is 0 Å². The van der Waals surface area contributed by atoms with E-state index in [1.807, 2.05) is 0 Å². The molecule has 0 bridgehead atoms. The van der Waals surface area contributed by atoms with E-state index in [1.54, 1.807) is 0 Å². The van der Waals surface area contributed by atoms with Crippen molar-refractivity contribution in [2.75, 3.05) is 34.2 Å². The zero-order valence-corrected chi connectivity index (χ0v) is 13.4. The molecule has 0 aliphatic rings. The van der Waals surface area contributed by atoms with Crippen LogP contribution in [0.4, 0.5) is 0 Å². The second kappa shape index (κ2) is 7.96. The Morgan fingerprint density at radius 1 is 0.714 bits per heavy atom. The zero-order valence-electron chi connectivity index (χ0n) is 13.4. The smallest absolute Gasteiger partial charge is 0.0234 e. The summed E-state index contributed by atoms with van der Waals surface area (Å²) in [6.07, 6.45) is 1.01. The molecule has 2 rings (SSSR count). The molecule has 0 saturated heterocycles. The predicted molar refractivity (Wildman–Crippen MR) is 90.6 cm³/mol. The van der Waals surface area contributed by atoms with Crippen LogP contribution in [0.2, 0.25) is 0 Å². The average Bonchev–Trinajstić information content (AvgIpc) is 2.48. The van der Waals surface area contributed by atoms with Gasteiger partial charge in [0.2, 0.25) is 0 Å². The quantitative estimate of drug-likeness (QED) is 0.769. The Morgan fingerprint density at radius 3 is 2.00 bits per heavy atom. The van der Waals surface area contributed by atoms with Gasteiger partial charge in [0.1, 0.15) is 0 Å². The lowest BCUT2D eigenvalue weighted by Crippen LogP contribution is -2.28. The minimum Gasteiger partial charge on any atom is -0.308 e. The van der Waals surface area contributed by atoms with E-state index < -0.39 is 0 Å².